The zero-order valence-corrected chi connectivity index (χ0v) is 14.1. The normalized spacial score (nSPS) is 19.3. The third-order valence-corrected chi connectivity index (χ3v) is 5.86. The molecule has 1 fully saturated rings. The Morgan fingerprint density at radius 2 is 2.04 bits per heavy atom. The highest BCUT2D eigenvalue weighted by Crippen LogP contribution is 2.24. The number of piperidine rings is 1. The monoisotopic (exact) mass is 343 g/mol. The number of nitrogens with one attached hydrogen (secondary N) is 1. The number of halogens is 1. The highest BCUT2D eigenvalue weighted by Gasteiger charge is 2.34. The van der Waals surface area contributed by atoms with Crippen LogP contribution in [0.2, 0.25) is 0 Å². The van der Waals surface area contributed by atoms with Crippen molar-refractivity contribution in [2.45, 2.75) is 19.8 Å². The molecule has 1 aliphatic rings. The van der Waals surface area contributed by atoms with Crippen LogP contribution in [0.3, 0.4) is 0 Å². The van der Waals surface area contributed by atoms with Crippen molar-refractivity contribution in [1.82, 2.24) is 9.62 Å². The number of benzene rings is 1. The summed E-state index contributed by atoms with van der Waals surface area (Å²) in [5.74, 6) is -0.870. The molecule has 0 aliphatic carbocycles. The minimum Gasteiger partial charge on any atom is -0.356 e. The Morgan fingerprint density at radius 1 is 1.39 bits per heavy atom. The minimum atomic E-state index is -3.75. The van der Waals surface area contributed by atoms with Crippen LogP contribution < -0.4 is 9.62 Å². The molecule has 0 saturated carbocycles. The summed E-state index contributed by atoms with van der Waals surface area (Å²) in [5, 5.41) is 2.74. The predicted octanol–water partition coefficient (Wildman–Crippen LogP) is 1.35. The molecule has 0 bridgehead atoms. The van der Waals surface area contributed by atoms with Crippen LogP contribution in [0.5, 0.6) is 0 Å². The van der Waals surface area contributed by atoms with Gasteiger partial charge in [0.2, 0.25) is 5.91 Å². The Morgan fingerprint density at radius 3 is 2.65 bits per heavy atom. The van der Waals surface area contributed by atoms with Crippen molar-refractivity contribution < 1.29 is 17.6 Å². The van der Waals surface area contributed by atoms with Crippen LogP contribution in [0.4, 0.5) is 10.1 Å². The summed E-state index contributed by atoms with van der Waals surface area (Å²) >= 11 is 0. The lowest BCUT2D eigenvalue weighted by Gasteiger charge is -2.34. The fourth-order valence-electron chi connectivity index (χ4n) is 2.64. The molecule has 6 nitrogen and oxygen atoms in total. The van der Waals surface area contributed by atoms with Crippen LogP contribution in [0.1, 0.15) is 19.8 Å². The molecule has 23 heavy (non-hydrogen) atoms. The second-order valence-corrected chi connectivity index (χ2v) is 7.50. The van der Waals surface area contributed by atoms with E-state index in [0.717, 1.165) is 4.31 Å². The van der Waals surface area contributed by atoms with E-state index < -0.39 is 16.0 Å². The van der Waals surface area contributed by atoms with Crippen LogP contribution in [-0.2, 0) is 15.0 Å². The number of anilines is 1. The van der Waals surface area contributed by atoms with Crippen molar-refractivity contribution >= 4 is 21.8 Å². The van der Waals surface area contributed by atoms with Gasteiger partial charge in [-0.15, -0.1) is 0 Å². The SMILES string of the molecule is CCNC(=O)[C@H]1CCCN(S(=O)(=O)N(C)c2ccc(F)cc2)C1. The molecule has 1 aromatic carbocycles. The maximum absolute atomic E-state index is 13.0. The number of hydrogen-bond acceptors (Lipinski definition) is 3. The number of hydrogen-bond donors (Lipinski definition) is 1. The second kappa shape index (κ2) is 7.27. The van der Waals surface area contributed by atoms with Crippen LogP contribution >= 0.6 is 0 Å². The van der Waals surface area contributed by atoms with Crippen molar-refractivity contribution in [2.75, 3.05) is 31.0 Å². The number of carbonyl (C=O) groups is 1. The molecule has 0 aromatic heterocycles. The van der Waals surface area contributed by atoms with E-state index >= 15 is 0 Å². The molecule has 1 atom stereocenters. The molecule has 1 heterocycles. The number of carbonyl (C=O) groups excluding carboxylic acids is 1. The maximum atomic E-state index is 13.0. The summed E-state index contributed by atoms with van der Waals surface area (Å²) < 4.78 is 40.9. The van der Waals surface area contributed by atoms with Gasteiger partial charge in [0.15, 0.2) is 0 Å². The first-order chi connectivity index (χ1) is 10.9. The van der Waals surface area contributed by atoms with Gasteiger partial charge in [-0.25, -0.2) is 4.39 Å². The second-order valence-electron chi connectivity index (χ2n) is 5.54. The van der Waals surface area contributed by atoms with E-state index in [1.54, 1.807) is 0 Å². The predicted molar refractivity (Wildman–Crippen MR) is 86.7 cm³/mol. The fourth-order valence-corrected chi connectivity index (χ4v) is 4.10. The van der Waals surface area contributed by atoms with Gasteiger partial charge in [-0.2, -0.15) is 12.7 Å². The smallest absolute Gasteiger partial charge is 0.303 e. The first-order valence-electron chi connectivity index (χ1n) is 7.63. The fraction of sp³-hybridized carbons (Fsp3) is 0.533. The van der Waals surface area contributed by atoms with Crippen LogP contribution in [0, 0.1) is 11.7 Å². The molecule has 0 spiro atoms. The Hall–Kier alpha value is -1.67. The quantitative estimate of drug-likeness (QED) is 0.877. The van der Waals surface area contributed by atoms with Gasteiger partial charge in [0, 0.05) is 26.7 Å². The molecule has 1 aromatic rings. The van der Waals surface area contributed by atoms with E-state index in [1.165, 1.54) is 35.6 Å². The summed E-state index contributed by atoms with van der Waals surface area (Å²) in [6.45, 7) is 2.90. The summed E-state index contributed by atoms with van der Waals surface area (Å²) in [6.07, 6.45) is 1.32. The van der Waals surface area contributed by atoms with Crippen molar-refractivity contribution in [3.63, 3.8) is 0 Å². The van der Waals surface area contributed by atoms with Gasteiger partial charge in [0.1, 0.15) is 5.82 Å². The summed E-state index contributed by atoms with van der Waals surface area (Å²) in [5.41, 5.74) is 0.381. The van der Waals surface area contributed by atoms with E-state index in [0.29, 0.717) is 31.6 Å². The standard InChI is InChI=1S/C15H22FN3O3S/c1-3-17-15(20)12-5-4-10-19(11-12)23(21,22)18(2)14-8-6-13(16)7-9-14/h6-9,12H,3-5,10-11H2,1-2H3,(H,17,20)/t12-/m0/s1. The molecule has 1 aliphatic heterocycles. The Balaban J connectivity index is 2.14. The van der Waals surface area contributed by atoms with E-state index in [2.05, 4.69) is 5.32 Å². The lowest BCUT2D eigenvalue weighted by Crippen LogP contribution is -2.49. The lowest BCUT2D eigenvalue weighted by atomic mass is 9.99. The Bertz CT molecular complexity index is 648. The van der Waals surface area contributed by atoms with Gasteiger partial charge in [0.25, 0.3) is 0 Å². The molecular weight excluding hydrogens is 321 g/mol. The molecule has 2 rings (SSSR count). The molecule has 0 unspecified atom stereocenters. The average molecular weight is 343 g/mol. The molecule has 1 amide bonds. The molecule has 128 valence electrons. The lowest BCUT2D eigenvalue weighted by molar-refractivity contribution is -0.125. The van der Waals surface area contributed by atoms with Crippen molar-refractivity contribution in [3.8, 4) is 0 Å². The summed E-state index contributed by atoms with van der Waals surface area (Å²) in [7, 11) is -2.32. The molecular formula is C15H22FN3O3S. The van der Waals surface area contributed by atoms with Gasteiger partial charge in [-0.3, -0.25) is 9.10 Å². The Labute approximate surface area is 136 Å². The van der Waals surface area contributed by atoms with Crippen LogP contribution in [0.15, 0.2) is 24.3 Å². The van der Waals surface area contributed by atoms with Gasteiger partial charge < -0.3 is 5.32 Å². The van der Waals surface area contributed by atoms with Crippen LogP contribution in [-0.4, -0.2) is 45.3 Å². The maximum Gasteiger partial charge on any atom is 0.303 e. The molecule has 1 N–H and O–H groups in total. The minimum absolute atomic E-state index is 0.114. The van der Waals surface area contributed by atoms with Gasteiger partial charge in [0.05, 0.1) is 11.6 Å². The van der Waals surface area contributed by atoms with Crippen molar-refractivity contribution in [3.05, 3.63) is 30.1 Å². The third kappa shape index (κ3) is 4.00. The first kappa shape index (κ1) is 17.7. The van der Waals surface area contributed by atoms with Crippen molar-refractivity contribution in [2.24, 2.45) is 5.92 Å². The average Bonchev–Trinajstić information content (AvgIpc) is 2.55. The summed E-state index contributed by atoms with van der Waals surface area (Å²) in [4.78, 5) is 12.0. The van der Waals surface area contributed by atoms with Crippen LogP contribution in [0.25, 0.3) is 0 Å². The van der Waals surface area contributed by atoms with Gasteiger partial charge in [-0.1, -0.05) is 0 Å². The third-order valence-electron chi connectivity index (χ3n) is 3.97. The first-order valence-corrected chi connectivity index (χ1v) is 9.03. The molecule has 0 radical (unpaired) electrons. The number of amides is 1. The van der Waals surface area contributed by atoms with E-state index in [1.807, 2.05) is 6.92 Å². The molecule has 1 saturated heterocycles. The largest absolute Gasteiger partial charge is 0.356 e. The van der Waals surface area contributed by atoms with E-state index in [9.17, 15) is 17.6 Å². The highest BCUT2D eigenvalue weighted by molar-refractivity contribution is 7.90. The topological polar surface area (TPSA) is 69.7 Å². The van der Waals surface area contributed by atoms with Crippen molar-refractivity contribution in [1.29, 1.82) is 0 Å². The molecule has 8 heteroatoms. The zero-order valence-electron chi connectivity index (χ0n) is 13.3. The zero-order chi connectivity index (χ0) is 17.0. The number of rotatable bonds is 5. The van der Waals surface area contributed by atoms with Gasteiger partial charge >= 0.3 is 10.2 Å². The summed E-state index contributed by atoms with van der Waals surface area (Å²) in [6, 6.07) is 5.26. The Kier molecular flexibility index (Phi) is 5.59. The number of nitrogens with zero attached hydrogens (tertiary/aromatic N) is 2. The van der Waals surface area contributed by atoms with E-state index in [4.69, 9.17) is 0 Å². The highest BCUT2D eigenvalue weighted by atomic mass is 32.2. The van der Waals surface area contributed by atoms with E-state index in [-0.39, 0.29) is 18.4 Å². The van der Waals surface area contributed by atoms with Gasteiger partial charge in [-0.05, 0) is 44.0 Å².